The van der Waals surface area contributed by atoms with Crippen molar-refractivity contribution in [3.63, 3.8) is 0 Å². The van der Waals surface area contributed by atoms with E-state index in [2.05, 4.69) is 10.9 Å². The summed E-state index contributed by atoms with van der Waals surface area (Å²) in [6.45, 7) is 1.58. The van der Waals surface area contributed by atoms with Crippen molar-refractivity contribution in [3.8, 4) is 0 Å². The normalized spacial score (nSPS) is 40.5. The van der Waals surface area contributed by atoms with Crippen LogP contribution in [0.1, 0.15) is 25.7 Å². The molecule has 1 saturated carbocycles. The van der Waals surface area contributed by atoms with E-state index < -0.39 is 0 Å². The van der Waals surface area contributed by atoms with Gasteiger partial charge in [0.1, 0.15) is 6.10 Å². The van der Waals surface area contributed by atoms with Crippen LogP contribution >= 0.6 is 0 Å². The first kappa shape index (κ1) is 8.01. The number of carbonyl (C=O) groups excluding carboxylic acids is 1. The van der Waals surface area contributed by atoms with E-state index in [0.717, 1.165) is 32.2 Å². The summed E-state index contributed by atoms with van der Waals surface area (Å²) in [5.74, 6) is 0. The van der Waals surface area contributed by atoms with E-state index in [9.17, 15) is 4.79 Å². The van der Waals surface area contributed by atoms with Crippen LogP contribution in [0.25, 0.3) is 0 Å². The lowest BCUT2D eigenvalue weighted by atomic mass is 9.96. The maximum atomic E-state index is 10.1. The van der Waals surface area contributed by atoms with E-state index in [1.54, 1.807) is 0 Å². The number of carbonyl (C=O) groups is 1. The fourth-order valence-corrected chi connectivity index (χ4v) is 2.23. The molecule has 2 fully saturated rings. The topological polar surface area (TPSA) is 50.4 Å². The van der Waals surface area contributed by atoms with Gasteiger partial charge in [-0.15, -0.1) is 0 Å². The van der Waals surface area contributed by atoms with Crippen LogP contribution in [0.5, 0.6) is 0 Å². The van der Waals surface area contributed by atoms with Crippen molar-refractivity contribution in [2.45, 2.75) is 37.3 Å². The molecule has 1 spiro atoms. The van der Waals surface area contributed by atoms with Crippen molar-refractivity contribution in [1.82, 2.24) is 10.9 Å². The van der Waals surface area contributed by atoms with Crippen LogP contribution in [0.3, 0.4) is 0 Å². The molecule has 4 heteroatoms. The van der Waals surface area contributed by atoms with Crippen LogP contribution in [0.2, 0.25) is 0 Å². The Bertz CT molecular complexity index is 178. The smallest absolute Gasteiger partial charge is 0.293 e. The minimum absolute atomic E-state index is 0.134. The number of hydrogen-bond acceptors (Lipinski definition) is 4. The average Bonchev–Trinajstić information content (AvgIpc) is 2.65. The number of ether oxygens (including phenoxy) is 1. The monoisotopic (exact) mass is 170 g/mol. The van der Waals surface area contributed by atoms with Gasteiger partial charge in [-0.3, -0.25) is 15.6 Å². The Morgan fingerprint density at radius 2 is 2.42 bits per heavy atom. The van der Waals surface area contributed by atoms with Crippen molar-refractivity contribution in [2.75, 3.05) is 6.54 Å². The first-order valence-electron chi connectivity index (χ1n) is 4.44. The Balaban J connectivity index is 1.91. The van der Waals surface area contributed by atoms with Gasteiger partial charge in [0, 0.05) is 18.5 Å². The summed E-state index contributed by atoms with van der Waals surface area (Å²) < 4.78 is 4.94. The zero-order valence-corrected chi connectivity index (χ0v) is 7.01. The second kappa shape index (κ2) is 3.03. The van der Waals surface area contributed by atoms with E-state index in [0.29, 0.717) is 6.47 Å². The summed E-state index contributed by atoms with van der Waals surface area (Å²) >= 11 is 0. The largest absolute Gasteiger partial charge is 0.465 e. The van der Waals surface area contributed by atoms with Gasteiger partial charge in [-0.1, -0.05) is 0 Å². The number of nitrogens with one attached hydrogen (secondary N) is 2. The molecule has 0 aromatic heterocycles. The minimum Gasteiger partial charge on any atom is -0.465 e. The van der Waals surface area contributed by atoms with Gasteiger partial charge in [-0.05, 0) is 19.3 Å². The number of hydrogen-bond donors (Lipinski definition) is 2. The molecule has 2 aliphatic rings. The molecule has 0 amide bonds. The van der Waals surface area contributed by atoms with Crippen LogP contribution < -0.4 is 10.9 Å². The Kier molecular flexibility index (Phi) is 2.02. The summed E-state index contributed by atoms with van der Waals surface area (Å²) in [5.41, 5.74) is 6.61. The van der Waals surface area contributed by atoms with E-state index in [1.165, 1.54) is 0 Å². The lowest BCUT2D eigenvalue weighted by Crippen LogP contribution is -2.41. The van der Waals surface area contributed by atoms with E-state index >= 15 is 0 Å². The molecule has 0 bridgehead atoms. The van der Waals surface area contributed by atoms with Crippen molar-refractivity contribution in [1.29, 1.82) is 0 Å². The molecule has 1 heterocycles. The third-order valence-electron chi connectivity index (χ3n) is 2.89. The van der Waals surface area contributed by atoms with Crippen molar-refractivity contribution in [2.24, 2.45) is 0 Å². The van der Waals surface area contributed by atoms with Crippen molar-refractivity contribution in [3.05, 3.63) is 0 Å². The lowest BCUT2D eigenvalue weighted by Gasteiger charge is -2.21. The van der Waals surface area contributed by atoms with Gasteiger partial charge in [0.25, 0.3) is 6.47 Å². The second-order valence-electron chi connectivity index (χ2n) is 3.68. The fourth-order valence-electron chi connectivity index (χ4n) is 2.23. The maximum absolute atomic E-state index is 10.1. The molecule has 2 unspecified atom stereocenters. The molecule has 4 nitrogen and oxygen atoms in total. The Hall–Kier alpha value is -0.610. The lowest BCUT2D eigenvalue weighted by molar-refractivity contribution is -0.133. The predicted molar refractivity (Wildman–Crippen MR) is 43.3 cm³/mol. The summed E-state index contributed by atoms with van der Waals surface area (Å²) in [6, 6.07) is 0. The van der Waals surface area contributed by atoms with Gasteiger partial charge in [0.15, 0.2) is 0 Å². The van der Waals surface area contributed by atoms with Crippen molar-refractivity contribution < 1.29 is 9.53 Å². The number of hydrazine groups is 1. The van der Waals surface area contributed by atoms with Crippen LogP contribution in [0, 0.1) is 0 Å². The summed E-state index contributed by atoms with van der Waals surface area (Å²) in [7, 11) is 0. The Labute approximate surface area is 71.6 Å². The third kappa shape index (κ3) is 1.32. The van der Waals surface area contributed by atoms with Gasteiger partial charge < -0.3 is 4.74 Å². The summed E-state index contributed by atoms with van der Waals surface area (Å²) in [4.78, 5) is 10.1. The maximum Gasteiger partial charge on any atom is 0.293 e. The van der Waals surface area contributed by atoms with Crippen LogP contribution in [-0.4, -0.2) is 24.7 Å². The highest BCUT2D eigenvalue weighted by atomic mass is 16.5. The molecule has 68 valence electrons. The predicted octanol–water partition coefficient (Wildman–Crippen LogP) is -0.0514. The molecule has 1 saturated heterocycles. The highest BCUT2D eigenvalue weighted by molar-refractivity contribution is 5.37. The van der Waals surface area contributed by atoms with Crippen molar-refractivity contribution >= 4 is 6.47 Å². The molecule has 1 aliphatic heterocycles. The Morgan fingerprint density at radius 1 is 1.50 bits per heavy atom. The quantitative estimate of drug-likeness (QED) is 0.570. The molecule has 1 aliphatic carbocycles. The minimum atomic E-state index is 0.134. The van der Waals surface area contributed by atoms with Crippen LogP contribution in [-0.2, 0) is 9.53 Å². The van der Waals surface area contributed by atoms with Crippen LogP contribution in [0.4, 0.5) is 0 Å². The van der Waals surface area contributed by atoms with Gasteiger partial charge in [0.2, 0.25) is 0 Å². The first-order valence-corrected chi connectivity index (χ1v) is 4.44. The second-order valence-corrected chi connectivity index (χ2v) is 3.68. The zero-order valence-electron chi connectivity index (χ0n) is 7.01. The number of rotatable bonds is 2. The zero-order chi connectivity index (χ0) is 8.44. The van der Waals surface area contributed by atoms with E-state index in [-0.39, 0.29) is 11.6 Å². The van der Waals surface area contributed by atoms with Crippen LogP contribution in [0.15, 0.2) is 0 Å². The molecule has 0 aromatic carbocycles. The molecule has 0 radical (unpaired) electrons. The molecule has 2 rings (SSSR count). The molecule has 12 heavy (non-hydrogen) atoms. The molecule has 2 N–H and O–H groups in total. The summed E-state index contributed by atoms with van der Waals surface area (Å²) in [5, 5.41) is 0. The SMILES string of the molecule is O=COC1CCC2(CCNN2)C1. The van der Waals surface area contributed by atoms with E-state index in [4.69, 9.17) is 4.74 Å². The van der Waals surface area contributed by atoms with E-state index in [1.807, 2.05) is 0 Å². The molecule has 0 aromatic rings. The molecular formula is C8H14N2O2. The third-order valence-corrected chi connectivity index (χ3v) is 2.89. The first-order chi connectivity index (χ1) is 5.85. The molecule has 2 atom stereocenters. The van der Waals surface area contributed by atoms with Gasteiger partial charge in [-0.2, -0.15) is 0 Å². The van der Waals surface area contributed by atoms with Gasteiger partial charge in [0.05, 0.1) is 0 Å². The highest BCUT2D eigenvalue weighted by Crippen LogP contribution is 2.35. The highest BCUT2D eigenvalue weighted by Gasteiger charge is 2.41. The fraction of sp³-hybridized carbons (Fsp3) is 0.875. The average molecular weight is 170 g/mol. The van der Waals surface area contributed by atoms with Gasteiger partial charge in [-0.25, -0.2) is 0 Å². The standard InChI is InChI=1S/C8H14N2O2/c11-6-12-7-1-2-8(5-7)3-4-9-10-8/h6-7,9-10H,1-5H2. The molecular weight excluding hydrogens is 156 g/mol. The van der Waals surface area contributed by atoms with Gasteiger partial charge >= 0.3 is 0 Å². The summed E-state index contributed by atoms with van der Waals surface area (Å²) in [6.07, 6.45) is 4.34. The Morgan fingerprint density at radius 3 is 3.08 bits per heavy atom.